The van der Waals surface area contributed by atoms with E-state index >= 15 is 0 Å². The van der Waals surface area contributed by atoms with Crippen molar-refractivity contribution in [3.8, 4) is 17.2 Å². The van der Waals surface area contributed by atoms with Crippen molar-refractivity contribution in [2.75, 3.05) is 19.7 Å². The number of esters is 1. The second kappa shape index (κ2) is 22.7. The Morgan fingerprint density at radius 2 is 0.746 bits per heavy atom. The van der Waals surface area contributed by atoms with Gasteiger partial charge < -0.3 is 34.9 Å². The maximum Gasteiger partial charge on any atom is 0.413 e. The molecule has 0 aromatic heterocycles. The van der Waals surface area contributed by atoms with E-state index < -0.39 is 30.3 Å². The highest BCUT2D eigenvalue weighted by Gasteiger charge is 2.27. The van der Waals surface area contributed by atoms with Crippen LogP contribution in [0.3, 0.4) is 0 Å². The Morgan fingerprint density at radius 3 is 1.12 bits per heavy atom. The van der Waals surface area contributed by atoms with Crippen LogP contribution in [0.15, 0.2) is 164 Å². The number of unbranched alkanes of at least 4 members (excludes halogenated alkanes) is 1. The molecule has 0 aliphatic rings. The summed E-state index contributed by atoms with van der Waals surface area (Å²) in [7, 11) is 0. The van der Waals surface area contributed by atoms with Crippen LogP contribution in [-0.2, 0) is 25.8 Å². The molecule has 6 rings (SSSR count). The fourth-order valence-electron chi connectivity index (χ4n) is 7.77. The highest BCUT2D eigenvalue weighted by atomic mass is 16.6. The summed E-state index contributed by atoms with van der Waals surface area (Å²) in [4.78, 5) is 51.9. The van der Waals surface area contributed by atoms with Gasteiger partial charge in [0.25, 0.3) is 0 Å². The normalized spacial score (nSPS) is 12.0. The molecular weight excluding hydrogens is 843 g/mol. The summed E-state index contributed by atoms with van der Waals surface area (Å²) in [5.74, 6) is 0.353. The molecule has 3 N–H and O–H groups in total. The van der Waals surface area contributed by atoms with Gasteiger partial charge in [0.1, 0.15) is 29.9 Å². The Balaban J connectivity index is 0.985. The minimum Gasteiger partial charge on any atom is -0.462 e. The average molecular weight is 904 g/mol. The van der Waals surface area contributed by atoms with Gasteiger partial charge >= 0.3 is 24.2 Å². The van der Waals surface area contributed by atoms with E-state index in [2.05, 4.69) is 93.9 Å². The molecule has 0 aliphatic heterocycles. The largest absolute Gasteiger partial charge is 0.462 e. The van der Waals surface area contributed by atoms with E-state index in [1.54, 1.807) is 36.4 Å². The molecule has 0 radical (unpaired) electrons. The Labute approximate surface area is 394 Å². The smallest absolute Gasteiger partial charge is 0.413 e. The first-order chi connectivity index (χ1) is 32.1. The second-order valence-corrected chi connectivity index (χ2v) is 17.9. The number of nitrogens with one attached hydrogen (secondary N) is 3. The predicted molar refractivity (Wildman–Crippen MR) is 261 cm³/mol. The van der Waals surface area contributed by atoms with Gasteiger partial charge in [-0.05, 0) is 89.0 Å². The Bertz CT molecular complexity index is 2530. The summed E-state index contributed by atoms with van der Waals surface area (Å²) < 4.78 is 22.0. The first-order valence-electron chi connectivity index (χ1n) is 22.7. The van der Waals surface area contributed by atoms with Crippen LogP contribution in [0.25, 0.3) is 0 Å². The van der Waals surface area contributed by atoms with E-state index in [1.165, 1.54) is 5.56 Å². The number of benzene rings is 6. The van der Waals surface area contributed by atoms with Crippen molar-refractivity contribution in [3.05, 3.63) is 197 Å². The van der Waals surface area contributed by atoms with E-state index in [-0.39, 0.29) is 42.4 Å². The quantitative estimate of drug-likeness (QED) is 0.0539. The van der Waals surface area contributed by atoms with Crippen molar-refractivity contribution < 1.29 is 38.1 Å². The lowest BCUT2D eigenvalue weighted by Gasteiger charge is -2.26. The number of amides is 3. The van der Waals surface area contributed by atoms with Gasteiger partial charge in [0, 0.05) is 22.8 Å². The first-order valence-corrected chi connectivity index (χ1v) is 22.7. The van der Waals surface area contributed by atoms with Gasteiger partial charge in [-0.3, -0.25) is 0 Å². The zero-order valence-electron chi connectivity index (χ0n) is 39.2. The van der Waals surface area contributed by atoms with Crippen LogP contribution >= 0.6 is 0 Å². The number of carbonyl (C=O) groups excluding carboxylic acids is 4. The molecule has 0 heterocycles. The van der Waals surface area contributed by atoms with Crippen molar-refractivity contribution in [2.45, 2.75) is 83.1 Å². The minimum atomic E-state index is -1.08. The Hall–Kier alpha value is -7.40. The van der Waals surface area contributed by atoms with Gasteiger partial charge in [-0.25, -0.2) is 19.2 Å². The maximum absolute atomic E-state index is 13.4. The molecule has 6 aromatic rings. The number of hydrogen-bond acceptors (Lipinski definition) is 8. The van der Waals surface area contributed by atoms with Crippen molar-refractivity contribution in [1.82, 2.24) is 16.0 Å². The Morgan fingerprint density at radius 1 is 0.418 bits per heavy atom. The highest BCUT2D eigenvalue weighted by Crippen LogP contribution is 2.34. The van der Waals surface area contributed by atoms with E-state index in [0.717, 1.165) is 27.8 Å². The average Bonchev–Trinajstić information content (AvgIpc) is 3.33. The molecule has 1 unspecified atom stereocenters. The van der Waals surface area contributed by atoms with E-state index in [9.17, 15) is 19.2 Å². The molecule has 0 saturated carbocycles. The van der Waals surface area contributed by atoms with Gasteiger partial charge in [-0.15, -0.1) is 0 Å². The molecule has 6 aromatic carbocycles. The second-order valence-electron chi connectivity index (χ2n) is 17.9. The van der Waals surface area contributed by atoms with Gasteiger partial charge in [0.15, 0.2) is 0 Å². The van der Waals surface area contributed by atoms with E-state index in [4.69, 9.17) is 18.9 Å². The Kier molecular flexibility index (Phi) is 16.6. The fourth-order valence-corrected chi connectivity index (χ4v) is 7.77. The summed E-state index contributed by atoms with van der Waals surface area (Å²) >= 11 is 0. The molecule has 1 atom stereocenters. The van der Waals surface area contributed by atoms with Crippen LogP contribution in [0.2, 0.25) is 0 Å². The lowest BCUT2D eigenvalue weighted by Crippen LogP contribution is -2.44. The lowest BCUT2D eigenvalue weighted by atomic mass is 9.78. The van der Waals surface area contributed by atoms with Crippen LogP contribution in [0.5, 0.6) is 17.2 Å². The van der Waals surface area contributed by atoms with Crippen molar-refractivity contribution in [1.29, 1.82) is 0 Å². The lowest BCUT2D eigenvalue weighted by molar-refractivity contribution is -0.146. The number of carbonyl (C=O) groups is 4. The predicted octanol–water partition coefficient (Wildman–Crippen LogP) is 11.4. The van der Waals surface area contributed by atoms with Crippen LogP contribution in [-0.4, -0.2) is 50.0 Å². The standard InChI is InChI=1S/C56H61N3O8/c1-54(2,40-18-10-7-11-19-40)43-25-31-46(32-26-43)65-51(61)57-37-17-16-24-49(59-53(63)67-48-35-29-45(30-36-48)56(5,6)42-22-14-9-15-23-42)50(60)64-39-38-58-52(62)66-47-33-27-44(28-34-47)55(3,4)41-20-12-8-13-21-41/h7-15,18-23,25-36,49H,16-17,24,37-39H2,1-6H3,(H,57,61)(H,58,62)(H,59,63). The molecule has 67 heavy (non-hydrogen) atoms. The zero-order valence-corrected chi connectivity index (χ0v) is 39.2. The summed E-state index contributed by atoms with van der Waals surface area (Å²) in [6.07, 6.45) is -1.08. The van der Waals surface area contributed by atoms with Gasteiger partial charge in [-0.1, -0.05) is 169 Å². The summed E-state index contributed by atoms with van der Waals surface area (Å²) in [5.41, 5.74) is 5.89. The fraction of sp³-hybridized carbons (Fsp3) is 0.286. The third-order valence-electron chi connectivity index (χ3n) is 12.2. The van der Waals surface area contributed by atoms with Crippen molar-refractivity contribution >= 4 is 24.2 Å². The van der Waals surface area contributed by atoms with Crippen LogP contribution in [0, 0.1) is 0 Å². The van der Waals surface area contributed by atoms with Gasteiger partial charge in [0.2, 0.25) is 0 Å². The topological polar surface area (TPSA) is 141 Å². The van der Waals surface area contributed by atoms with Gasteiger partial charge in [-0.2, -0.15) is 0 Å². The van der Waals surface area contributed by atoms with E-state index in [1.807, 2.05) is 91.0 Å². The maximum atomic E-state index is 13.4. The zero-order chi connectivity index (χ0) is 47.9. The summed E-state index contributed by atoms with van der Waals surface area (Å²) in [5, 5.41) is 7.99. The molecule has 0 bridgehead atoms. The number of hydrogen-bond donors (Lipinski definition) is 3. The molecule has 3 amide bonds. The van der Waals surface area contributed by atoms with Crippen LogP contribution in [0.4, 0.5) is 14.4 Å². The SMILES string of the molecule is CC(C)(c1ccccc1)c1ccc(OC(=O)NCCCCC(NC(=O)Oc2ccc(C(C)(C)c3ccccc3)cc2)C(=O)OCCNC(=O)Oc2ccc(C(C)(C)c3ccccc3)cc2)cc1. The molecule has 0 aliphatic carbocycles. The molecule has 0 spiro atoms. The van der Waals surface area contributed by atoms with Crippen molar-refractivity contribution in [3.63, 3.8) is 0 Å². The first kappa shape index (κ1) is 49.0. The monoisotopic (exact) mass is 903 g/mol. The van der Waals surface area contributed by atoms with Crippen molar-refractivity contribution in [2.24, 2.45) is 0 Å². The third-order valence-corrected chi connectivity index (χ3v) is 12.2. The van der Waals surface area contributed by atoms with Crippen LogP contribution in [0.1, 0.15) is 94.2 Å². The molecule has 0 fully saturated rings. The molecule has 0 saturated heterocycles. The van der Waals surface area contributed by atoms with Gasteiger partial charge in [0.05, 0.1) is 6.54 Å². The minimum absolute atomic E-state index is 0.0356. The van der Waals surface area contributed by atoms with E-state index in [0.29, 0.717) is 30.1 Å². The molecular formula is C56H61N3O8. The van der Waals surface area contributed by atoms with Crippen LogP contribution < -0.4 is 30.2 Å². The highest BCUT2D eigenvalue weighted by molar-refractivity contribution is 5.82. The third kappa shape index (κ3) is 13.6. The summed E-state index contributed by atoms with van der Waals surface area (Å²) in [6, 6.07) is 51.4. The number of ether oxygens (including phenoxy) is 4. The molecule has 11 nitrogen and oxygen atoms in total. The number of rotatable bonds is 19. The summed E-state index contributed by atoms with van der Waals surface area (Å²) in [6.45, 7) is 12.8. The molecule has 348 valence electrons. The molecule has 11 heteroatoms.